The molecule has 1 aliphatic rings. The Morgan fingerprint density at radius 3 is 2.67 bits per heavy atom. The fraction of sp³-hybridized carbons (Fsp3) is 0.263. The summed E-state index contributed by atoms with van der Waals surface area (Å²) in [5.41, 5.74) is 3.89. The van der Waals surface area contributed by atoms with E-state index in [1.807, 2.05) is 42.5 Å². The number of amides is 2. The van der Waals surface area contributed by atoms with Crippen molar-refractivity contribution in [2.75, 3.05) is 19.0 Å². The zero-order valence-electron chi connectivity index (χ0n) is 13.6. The Hall–Kier alpha value is -2.82. The molecule has 0 aromatic heterocycles. The number of carbonyl (C=O) groups is 2. The quantitative estimate of drug-likeness (QED) is 0.855. The number of nitrogens with one attached hydrogen (secondary N) is 2. The maximum atomic E-state index is 12.1. The van der Waals surface area contributed by atoms with Crippen LogP contribution in [-0.4, -0.2) is 25.5 Å². The van der Waals surface area contributed by atoms with Crippen molar-refractivity contribution in [3.8, 4) is 5.75 Å². The highest BCUT2D eigenvalue weighted by atomic mass is 16.5. The Balaban J connectivity index is 1.47. The van der Waals surface area contributed by atoms with Crippen LogP contribution >= 0.6 is 0 Å². The molecule has 0 saturated carbocycles. The minimum atomic E-state index is -0.0132. The summed E-state index contributed by atoms with van der Waals surface area (Å²) >= 11 is 0. The molecule has 0 bridgehead atoms. The number of ether oxygens (including phenoxy) is 1. The number of benzene rings is 2. The molecule has 1 heterocycles. The summed E-state index contributed by atoms with van der Waals surface area (Å²) in [7, 11) is 1.64. The zero-order chi connectivity index (χ0) is 16.9. The Morgan fingerprint density at radius 1 is 1.17 bits per heavy atom. The normalized spacial score (nSPS) is 12.5. The highest BCUT2D eigenvalue weighted by Crippen LogP contribution is 2.23. The predicted octanol–water partition coefficient (Wildman–Crippen LogP) is 2.09. The maximum Gasteiger partial charge on any atom is 0.228 e. The van der Waals surface area contributed by atoms with Gasteiger partial charge in [0.15, 0.2) is 0 Å². The van der Waals surface area contributed by atoms with Crippen LogP contribution in [0.2, 0.25) is 0 Å². The van der Waals surface area contributed by atoms with Gasteiger partial charge < -0.3 is 15.4 Å². The van der Waals surface area contributed by atoms with E-state index in [1.165, 1.54) is 0 Å². The molecule has 3 rings (SSSR count). The zero-order valence-corrected chi connectivity index (χ0v) is 13.6. The first-order valence-corrected chi connectivity index (χ1v) is 7.95. The van der Waals surface area contributed by atoms with Crippen LogP contribution in [0.15, 0.2) is 42.5 Å². The molecule has 0 spiro atoms. The average molecular weight is 324 g/mol. The van der Waals surface area contributed by atoms with Gasteiger partial charge in [-0.25, -0.2) is 0 Å². The lowest BCUT2D eigenvalue weighted by molar-refractivity contribution is -0.120. The van der Waals surface area contributed by atoms with Crippen molar-refractivity contribution < 1.29 is 14.3 Å². The second-order valence-electron chi connectivity index (χ2n) is 5.84. The molecule has 5 nitrogen and oxygen atoms in total. The van der Waals surface area contributed by atoms with Crippen LogP contribution in [0, 0.1) is 0 Å². The van der Waals surface area contributed by atoms with Gasteiger partial charge in [0, 0.05) is 12.2 Å². The lowest BCUT2D eigenvalue weighted by Crippen LogP contribution is -2.27. The van der Waals surface area contributed by atoms with Gasteiger partial charge in [0.2, 0.25) is 11.8 Å². The number of carbonyl (C=O) groups excluding carboxylic acids is 2. The van der Waals surface area contributed by atoms with Crippen molar-refractivity contribution in [2.45, 2.75) is 19.3 Å². The van der Waals surface area contributed by atoms with Crippen LogP contribution in [-0.2, 0) is 28.9 Å². The third-order valence-electron chi connectivity index (χ3n) is 4.05. The van der Waals surface area contributed by atoms with Gasteiger partial charge in [-0.2, -0.15) is 0 Å². The minimum absolute atomic E-state index is 0.00564. The Morgan fingerprint density at radius 2 is 1.92 bits per heavy atom. The van der Waals surface area contributed by atoms with Crippen molar-refractivity contribution in [3.05, 3.63) is 59.2 Å². The number of hydrogen-bond acceptors (Lipinski definition) is 3. The first kappa shape index (κ1) is 16.1. The van der Waals surface area contributed by atoms with Crippen molar-refractivity contribution in [3.63, 3.8) is 0 Å². The molecule has 5 heteroatoms. The maximum absolute atomic E-state index is 12.1. The number of methoxy groups -OCH3 is 1. The fourth-order valence-corrected chi connectivity index (χ4v) is 2.78. The first-order chi connectivity index (χ1) is 11.6. The van der Waals surface area contributed by atoms with Gasteiger partial charge in [-0.05, 0) is 41.3 Å². The van der Waals surface area contributed by atoms with E-state index >= 15 is 0 Å². The molecule has 1 aliphatic heterocycles. The van der Waals surface area contributed by atoms with Gasteiger partial charge in [-0.1, -0.05) is 24.3 Å². The summed E-state index contributed by atoms with van der Waals surface area (Å²) in [6.45, 7) is 0.593. The van der Waals surface area contributed by atoms with Crippen molar-refractivity contribution >= 4 is 17.5 Å². The fourth-order valence-electron chi connectivity index (χ4n) is 2.78. The lowest BCUT2D eigenvalue weighted by atomic mass is 10.1. The van der Waals surface area contributed by atoms with Gasteiger partial charge >= 0.3 is 0 Å². The van der Waals surface area contributed by atoms with E-state index in [0.717, 1.165) is 34.5 Å². The molecule has 2 amide bonds. The molecule has 24 heavy (non-hydrogen) atoms. The third kappa shape index (κ3) is 3.93. The molecule has 0 aliphatic carbocycles. The van der Waals surface area contributed by atoms with Crippen molar-refractivity contribution in [1.29, 1.82) is 0 Å². The van der Waals surface area contributed by atoms with Gasteiger partial charge in [0.05, 0.1) is 20.0 Å². The van der Waals surface area contributed by atoms with E-state index in [-0.39, 0.29) is 11.8 Å². The SMILES string of the molecule is COc1ccc(CCNC(=O)Cc2ccc3c(c2)CC(=O)N3)cc1. The van der Waals surface area contributed by atoms with Crippen molar-refractivity contribution in [2.24, 2.45) is 0 Å². The summed E-state index contributed by atoms with van der Waals surface area (Å²) in [6, 6.07) is 13.5. The monoisotopic (exact) mass is 324 g/mol. The summed E-state index contributed by atoms with van der Waals surface area (Å²) in [4.78, 5) is 23.4. The van der Waals surface area contributed by atoms with E-state index < -0.39 is 0 Å². The molecule has 2 aromatic rings. The molecule has 0 atom stereocenters. The number of rotatable bonds is 6. The average Bonchev–Trinajstić information content (AvgIpc) is 2.95. The smallest absolute Gasteiger partial charge is 0.228 e. The minimum Gasteiger partial charge on any atom is -0.497 e. The Bertz CT molecular complexity index is 754. The molecule has 0 unspecified atom stereocenters. The number of anilines is 1. The van der Waals surface area contributed by atoms with E-state index in [4.69, 9.17) is 4.74 Å². The highest BCUT2D eigenvalue weighted by Gasteiger charge is 2.17. The van der Waals surface area contributed by atoms with Crippen LogP contribution in [0.25, 0.3) is 0 Å². The van der Waals surface area contributed by atoms with Crippen LogP contribution < -0.4 is 15.4 Å². The molecule has 2 N–H and O–H groups in total. The predicted molar refractivity (Wildman–Crippen MR) is 92.2 cm³/mol. The summed E-state index contributed by atoms with van der Waals surface area (Å²) in [6.07, 6.45) is 1.49. The second kappa shape index (κ2) is 7.17. The summed E-state index contributed by atoms with van der Waals surface area (Å²) < 4.78 is 5.12. The van der Waals surface area contributed by atoms with Crippen LogP contribution in [0.3, 0.4) is 0 Å². The second-order valence-corrected chi connectivity index (χ2v) is 5.84. The molecule has 0 radical (unpaired) electrons. The number of fused-ring (bicyclic) bond motifs is 1. The van der Waals surface area contributed by atoms with Gasteiger partial charge in [-0.15, -0.1) is 0 Å². The standard InChI is InChI=1S/C19H20N2O3/c1-24-16-5-2-13(3-6-16)8-9-20-18(22)11-14-4-7-17-15(10-14)12-19(23)21-17/h2-7,10H,8-9,11-12H2,1H3,(H,20,22)(H,21,23). The van der Waals surface area contributed by atoms with Crippen LogP contribution in [0.5, 0.6) is 5.75 Å². The summed E-state index contributed by atoms with van der Waals surface area (Å²) in [5.74, 6) is 0.819. The van der Waals surface area contributed by atoms with Gasteiger partial charge in [0.25, 0.3) is 0 Å². The summed E-state index contributed by atoms with van der Waals surface area (Å²) in [5, 5.41) is 5.72. The number of hydrogen-bond donors (Lipinski definition) is 2. The Labute approximate surface area is 141 Å². The largest absolute Gasteiger partial charge is 0.497 e. The molecule has 0 saturated heterocycles. The van der Waals surface area contributed by atoms with Crippen LogP contribution in [0.1, 0.15) is 16.7 Å². The molecular weight excluding hydrogens is 304 g/mol. The van der Waals surface area contributed by atoms with Crippen LogP contribution in [0.4, 0.5) is 5.69 Å². The van der Waals surface area contributed by atoms with E-state index in [2.05, 4.69) is 10.6 Å². The molecule has 0 fully saturated rings. The highest BCUT2D eigenvalue weighted by molar-refractivity contribution is 5.99. The first-order valence-electron chi connectivity index (χ1n) is 7.95. The molecule has 2 aromatic carbocycles. The van der Waals surface area contributed by atoms with E-state index in [1.54, 1.807) is 7.11 Å². The lowest BCUT2D eigenvalue weighted by Gasteiger charge is -2.07. The molecule has 124 valence electrons. The topological polar surface area (TPSA) is 67.4 Å². The van der Waals surface area contributed by atoms with Crippen molar-refractivity contribution in [1.82, 2.24) is 5.32 Å². The third-order valence-corrected chi connectivity index (χ3v) is 4.05. The van der Waals surface area contributed by atoms with Gasteiger partial charge in [-0.3, -0.25) is 9.59 Å². The van der Waals surface area contributed by atoms with Gasteiger partial charge in [0.1, 0.15) is 5.75 Å². The van der Waals surface area contributed by atoms with E-state index in [0.29, 0.717) is 19.4 Å². The molecular formula is C19H20N2O3. The Kier molecular flexibility index (Phi) is 4.79. The van der Waals surface area contributed by atoms with E-state index in [9.17, 15) is 9.59 Å².